The minimum absolute atomic E-state index is 0.130. The van der Waals surface area contributed by atoms with Crippen LogP contribution in [0.5, 0.6) is 17.2 Å². The molecule has 7 nitrogen and oxygen atoms in total. The van der Waals surface area contributed by atoms with E-state index in [1.165, 1.54) is 0 Å². The van der Waals surface area contributed by atoms with Gasteiger partial charge >= 0.3 is 0 Å². The molecule has 2 heterocycles. The number of hydrogen-bond acceptors (Lipinski definition) is 6. The monoisotopic (exact) mass is 458 g/mol. The summed E-state index contributed by atoms with van der Waals surface area (Å²) < 4.78 is 22.7. The molecule has 3 aromatic carbocycles. The first-order valence-corrected chi connectivity index (χ1v) is 11.2. The molecule has 0 saturated heterocycles. The van der Waals surface area contributed by atoms with Gasteiger partial charge in [-0.25, -0.2) is 0 Å². The number of benzene rings is 3. The minimum atomic E-state index is -0.130. The molecule has 0 atom stereocenters. The molecule has 174 valence electrons. The number of nitrogens with zero attached hydrogens (tertiary/aromatic N) is 2. The molecule has 0 aliphatic carbocycles. The predicted octanol–water partition coefficient (Wildman–Crippen LogP) is 5.07. The van der Waals surface area contributed by atoms with Crippen LogP contribution in [0.4, 0.5) is 0 Å². The molecule has 1 aliphatic rings. The van der Waals surface area contributed by atoms with Gasteiger partial charge in [0.25, 0.3) is 5.91 Å². The fraction of sp³-hybridized carbons (Fsp3) is 0.259. The van der Waals surface area contributed by atoms with Gasteiger partial charge in [-0.05, 0) is 54.4 Å². The van der Waals surface area contributed by atoms with Gasteiger partial charge in [-0.2, -0.15) is 0 Å². The molecule has 1 aliphatic heterocycles. The first-order valence-electron chi connectivity index (χ1n) is 11.2. The van der Waals surface area contributed by atoms with Crippen LogP contribution in [0.3, 0.4) is 0 Å². The molecule has 0 unspecified atom stereocenters. The zero-order chi connectivity index (χ0) is 23.7. The van der Waals surface area contributed by atoms with Crippen LogP contribution < -0.4 is 14.2 Å². The van der Waals surface area contributed by atoms with Crippen molar-refractivity contribution in [3.63, 3.8) is 0 Å². The molecule has 1 aromatic heterocycles. The number of carbonyl (C=O) groups excluding carboxylic acids is 1. The molecule has 4 aromatic rings. The van der Waals surface area contributed by atoms with E-state index in [2.05, 4.69) is 5.16 Å². The molecule has 0 radical (unpaired) electrons. The number of ether oxygens (including phenoxy) is 3. The van der Waals surface area contributed by atoms with Crippen LogP contribution in [-0.2, 0) is 13.2 Å². The number of amides is 1. The second-order valence-corrected chi connectivity index (χ2v) is 8.43. The Morgan fingerprint density at radius 1 is 1.00 bits per heavy atom. The van der Waals surface area contributed by atoms with Crippen molar-refractivity contribution >= 4 is 16.7 Å². The third-order valence-corrected chi connectivity index (χ3v) is 6.00. The molecule has 7 heteroatoms. The number of hydrogen-bond donors (Lipinski definition) is 0. The van der Waals surface area contributed by atoms with Crippen LogP contribution >= 0.6 is 0 Å². The molecule has 0 fully saturated rings. The molecule has 5 rings (SSSR count). The van der Waals surface area contributed by atoms with Crippen molar-refractivity contribution in [2.24, 2.45) is 0 Å². The topological polar surface area (TPSA) is 74.0 Å². The predicted molar refractivity (Wildman–Crippen MR) is 127 cm³/mol. The smallest absolute Gasteiger partial charge is 0.257 e. The van der Waals surface area contributed by atoms with Gasteiger partial charge < -0.3 is 23.6 Å². The summed E-state index contributed by atoms with van der Waals surface area (Å²) in [5.41, 5.74) is 3.13. The Labute approximate surface area is 197 Å². The maximum Gasteiger partial charge on any atom is 0.257 e. The molecule has 0 spiro atoms. The second-order valence-electron chi connectivity index (χ2n) is 8.43. The molecule has 1 amide bonds. The average molecular weight is 459 g/mol. The SMILES string of the molecule is Cc1noc(C)c1COc1cc2ccccc2cc1C(=O)N(C)Cc1ccc2c(c1)OCCO2. The summed E-state index contributed by atoms with van der Waals surface area (Å²) in [5, 5.41) is 5.97. The Balaban J connectivity index is 1.42. The number of aryl methyl sites for hydroxylation is 2. The van der Waals surface area contributed by atoms with Gasteiger partial charge in [0, 0.05) is 13.6 Å². The van der Waals surface area contributed by atoms with E-state index in [1.807, 2.05) is 68.4 Å². The quantitative estimate of drug-likeness (QED) is 0.402. The molecule has 0 bridgehead atoms. The zero-order valence-electron chi connectivity index (χ0n) is 19.5. The van der Waals surface area contributed by atoms with E-state index >= 15 is 0 Å². The summed E-state index contributed by atoms with van der Waals surface area (Å²) in [6.07, 6.45) is 0. The van der Waals surface area contributed by atoms with Gasteiger partial charge in [-0.15, -0.1) is 0 Å². The lowest BCUT2D eigenvalue weighted by Crippen LogP contribution is -2.27. The summed E-state index contributed by atoms with van der Waals surface area (Å²) >= 11 is 0. The Hall–Kier alpha value is -4.00. The van der Waals surface area contributed by atoms with Crippen molar-refractivity contribution < 1.29 is 23.5 Å². The lowest BCUT2D eigenvalue weighted by atomic mass is 10.0. The number of rotatable bonds is 6. The molecule has 0 saturated carbocycles. The fourth-order valence-electron chi connectivity index (χ4n) is 4.10. The first kappa shape index (κ1) is 21.8. The van der Waals surface area contributed by atoms with E-state index in [9.17, 15) is 4.79 Å². The van der Waals surface area contributed by atoms with E-state index in [4.69, 9.17) is 18.7 Å². The van der Waals surface area contributed by atoms with Crippen LogP contribution in [0.15, 0.2) is 59.1 Å². The van der Waals surface area contributed by atoms with Crippen molar-refractivity contribution in [3.05, 3.63) is 82.7 Å². The molecule has 0 N–H and O–H groups in total. The number of fused-ring (bicyclic) bond motifs is 2. The fourth-order valence-corrected chi connectivity index (χ4v) is 4.10. The second kappa shape index (κ2) is 9.09. The highest BCUT2D eigenvalue weighted by Gasteiger charge is 2.21. The number of carbonyl (C=O) groups is 1. The van der Waals surface area contributed by atoms with Gasteiger partial charge in [-0.1, -0.05) is 35.5 Å². The summed E-state index contributed by atoms with van der Waals surface area (Å²) in [7, 11) is 1.78. The third-order valence-electron chi connectivity index (χ3n) is 6.00. The zero-order valence-corrected chi connectivity index (χ0v) is 19.5. The Morgan fingerprint density at radius 2 is 1.74 bits per heavy atom. The van der Waals surface area contributed by atoms with Crippen LogP contribution in [0, 0.1) is 13.8 Å². The summed E-state index contributed by atoms with van der Waals surface area (Å²) in [4.78, 5) is 15.2. The lowest BCUT2D eigenvalue weighted by molar-refractivity contribution is 0.0780. The highest BCUT2D eigenvalue weighted by Crippen LogP contribution is 2.32. The van der Waals surface area contributed by atoms with E-state index < -0.39 is 0 Å². The standard InChI is InChI=1S/C27H26N2O5/c1-17-23(18(2)34-28-17)16-33-25-14-21-7-5-4-6-20(21)13-22(25)27(30)29(3)15-19-8-9-24-26(12-19)32-11-10-31-24/h4-9,12-14H,10-11,15-16H2,1-3H3. The van der Waals surface area contributed by atoms with Gasteiger partial charge in [-0.3, -0.25) is 4.79 Å². The van der Waals surface area contributed by atoms with Gasteiger partial charge in [0.1, 0.15) is 31.3 Å². The Bertz CT molecular complexity index is 1340. The van der Waals surface area contributed by atoms with E-state index in [1.54, 1.807) is 11.9 Å². The van der Waals surface area contributed by atoms with Crippen molar-refractivity contribution in [1.29, 1.82) is 0 Å². The lowest BCUT2D eigenvalue weighted by Gasteiger charge is -2.22. The molecule has 34 heavy (non-hydrogen) atoms. The highest BCUT2D eigenvalue weighted by atomic mass is 16.6. The van der Waals surface area contributed by atoms with E-state index in [0.29, 0.717) is 42.6 Å². The largest absolute Gasteiger partial charge is 0.488 e. The van der Waals surface area contributed by atoms with Crippen molar-refractivity contribution in [3.8, 4) is 17.2 Å². The summed E-state index contributed by atoms with van der Waals surface area (Å²) in [6, 6.07) is 17.5. The Morgan fingerprint density at radius 3 is 2.47 bits per heavy atom. The van der Waals surface area contributed by atoms with Crippen LogP contribution in [-0.4, -0.2) is 36.2 Å². The Kier molecular flexibility index (Phi) is 5.84. The van der Waals surface area contributed by atoms with Crippen molar-refractivity contribution in [2.75, 3.05) is 20.3 Å². The van der Waals surface area contributed by atoms with Crippen LogP contribution in [0.25, 0.3) is 10.8 Å². The van der Waals surface area contributed by atoms with Gasteiger partial charge in [0.2, 0.25) is 0 Å². The van der Waals surface area contributed by atoms with Crippen LogP contribution in [0.2, 0.25) is 0 Å². The summed E-state index contributed by atoms with van der Waals surface area (Å²) in [6.45, 7) is 5.49. The molecular formula is C27H26N2O5. The van der Waals surface area contributed by atoms with E-state index in [-0.39, 0.29) is 12.5 Å². The van der Waals surface area contributed by atoms with Crippen molar-refractivity contribution in [1.82, 2.24) is 10.1 Å². The normalized spacial score (nSPS) is 12.6. The van der Waals surface area contributed by atoms with Gasteiger partial charge in [0.15, 0.2) is 11.5 Å². The molecular weight excluding hydrogens is 432 g/mol. The van der Waals surface area contributed by atoms with E-state index in [0.717, 1.165) is 33.3 Å². The third kappa shape index (κ3) is 4.29. The average Bonchev–Trinajstić information content (AvgIpc) is 3.18. The maximum absolute atomic E-state index is 13.6. The van der Waals surface area contributed by atoms with Crippen molar-refractivity contribution in [2.45, 2.75) is 27.0 Å². The highest BCUT2D eigenvalue weighted by molar-refractivity contribution is 6.01. The summed E-state index contributed by atoms with van der Waals surface area (Å²) in [5.74, 6) is 2.54. The minimum Gasteiger partial charge on any atom is -0.488 e. The first-order chi connectivity index (χ1) is 16.5. The maximum atomic E-state index is 13.6. The van der Waals surface area contributed by atoms with Gasteiger partial charge in [0.05, 0.1) is 16.8 Å². The number of aromatic nitrogens is 1. The van der Waals surface area contributed by atoms with Crippen LogP contribution in [0.1, 0.15) is 32.9 Å².